The van der Waals surface area contributed by atoms with Gasteiger partial charge < -0.3 is 10.3 Å². The van der Waals surface area contributed by atoms with Gasteiger partial charge >= 0.3 is 0 Å². The molecule has 0 unspecified atom stereocenters. The summed E-state index contributed by atoms with van der Waals surface area (Å²) >= 11 is 0. The number of carbonyl (C=O) groups excluding carboxylic acids is 1. The van der Waals surface area contributed by atoms with E-state index in [9.17, 15) is 4.79 Å². The summed E-state index contributed by atoms with van der Waals surface area (Å²) in [5, 5.41) is 7.08. The largest absolute Gasteiger partial charge is 0.310 e. The van der Waals surface area contributed by atoms with Gasteiger partial charge in [0.05, 0.1) is 0 Å². The number of nitrogens with zero attached hydrogens (tertiary/aromatic N) is 1. The fourth-order valence-corrected chi connectivity index (χ4v) is 0.953. The molecule has 0 bridgehead atoms. The first-order valence-corrected chi connectivity index (χ1v) is 5.83. The molecule has 0 radical (unpaired) electrons. The summed E-state index contributed by atoms with van der Waals surface area (Å²) in [4.78, 5) is 13.3. The van der Waals surface area contributed by atoms with Gasteiger partial charge in [0.1, 0.15) is 5.78 Å². The summed E-state index contributed by atoms with van der Waals surface area (Å²) in [7, 11) is 4.17. The summed E-state index contributed by atoms with van der Waals surface area (Å²) < 4.78 is 0. The molecule has 3 heteroatoms. The maximum atomic E-state index is 11.1. The Hall–Kier alpha value is -0.700. The highest BCUT2D eigenvalue weighted by atomic mass is 16.1. The lowest BCUT2D eigenvalue weighted by atomic mass is 9.88. The Morgan fingerprint density at radius 1 is 1.25 bits per heavy atom. The van der Waals surface area contributed by atoms with Crippen LogP contribution in [0.25, 0.3) is 0 Å². The summed E-state index contributed by atoms with van der Waals surface area (Å²) in [6.07, 6.45) is 1.55. The smallest absolute Gasteiger partial charge is 0.143 e. The molecule has 0 aromatic rings. The third kappa shape index (κ3) is 13.3. The topological polar surface area (TPSA) is 44.2 Å². The third-order valence-corrected chi connectivity index (χ3v) is 1.93. The van der Waals surface area contributed by atoms with Gasteiger partial charge in [0.25, 0.3) is 0 Å². The van der Waals surface area contributed by atoms with Crippen LogP contribution in [-0.4, -0.2) is 37.0 Å². The Kier molecular flexibility index (Phi) is 9.34. The summed E-state index contributed by atoms with van der Waals surface area (Å²) in [5.41, 5.74) is 0.155. The van der Waals surface area contributed by atoms with Crippen molar-refractivity contribution in [2.45, 2.75) is 47.5 Å². The second kappa shape index (κ2) is 8.45. The molecule has 0 amide bonds. The minimum absolute atomic E-state index is 0.139. The van der Waals surface area contributed by atoms with Crippen LogP contribution in [0.3, 0.4) is 0 Å². The number of Topliss-reactive ketones (excluding diaryl/α,β-unsaturated/α-hetero) is 1. The lowest BCUT2D eigenvalue weighted by Crippen LogP contribution is -2.21. The normalized spacial score (nSPS) is 10.8. The lowest BCUT2D eigenvalue weighted by molar-refractivity contribution is -0.125. The summed E-state index contributed by atoms with van der Waals surface area (Å²) in [5.74, 6) is 0.139. The number of hydrogen-bond acceptors (Lipinski definition) is 3. The lowest BCUT2D eigenvalue weighted by Gasteiger charge is -2.15. The molecule has 0 aromatic heterocycles. The molecule has 0 heterocycles. The monoisotopic (exact) mass is 228 g/mol. The van der Waals surface area contributed by atoms with Gasteiger partial charge in [0.2, 0.25) is 0 Å². The number of carbonyl (C=O) groups is 1. The molecular weight excluding hydrogens is 200 g/mol. The maximum Gasteiger partial charge on any atom is 0.143 e. The van der Waals surface area contributed by atoms with Crippen LogP contribution in [0, 0.1) is 10.8 Å². The highest BCUT2D eigenvalue weighted by Crippen LogP contribution is 2.16. The average Bonchev–Trinajstić information content (AvgIpc) is 2.01. The Morgan fingerprint density at radius 2 is 1.69 bits per heavy atom. The molecule has 0 rings (SSSR count). The molecule has 0 aromatic carbocycles. The fraction of sp³-hybridized carbons (Fsp3) is 0.846. The van der Waals surface area contributed by atoms with Crippen molar-refractivity contribution in [2.75, 3.05) is 20.6 Å². The van der Waals surface area contributed by atoms with Gasteiger partial charge in [-0.1, -0.05) is 27.7 Å². The van der Waals surface area contributed by atoms with Crippen LogP contribution >= 0.6 is 0 Å². The van der Waals surface area contributed by atoms with Crippen molar-refractivity contribution in [1.29, 1.82) is 5.41 Å². The Morgan fingerprint density at radius 3 is 1.75 bits per heavy atom. The predicted octanol–water partition coefficient (Wildman–Crippen LogP) is 2.99. The zero-order valence-electron chi connectivity index (χ0n) is 12.0. The van der Waals surface area contributed by atoms with Gasteiger partial charge in [-0.25, -0.2) is 0 Å². The van der Waals surface area contributed by atoms with Gasteiger partial charge in [-0.15, -0.1) is 0 Å². The molecule has 0 atom stereocenters. The van der Waals surface area contributed by atoms with Crippen molar-refractivity contribution in [3.05, 3.63) is 0 Å². The molecule has 0 fully saturated rings. The molecule has 0 aliphatic rings. The second-order valence-electron chi connectivity index (χ2n) is 5.43. The molecule has 3 nitrogen and oxygen atoms in total. The van der Waals surface area contributed by atoms with E-state index < -0.39 is 0 Å². The predicted molar refractivity (Wildman–Crippen MR) is 71.3 cm³/mol. The van der Waals surface area contributed by atoms with Crippen molar-refractivity contribution < 1.29 is 4.79 Å². The van der Waals surface area contributed by atoms with Crippen LogP contribution in [0.5, 0.6) is 0 Å². The minimum Gasteiger partial charge on any atom is -0.310 e. The second-order valence-corrected chi connectivity index (χ2v) is 5.43. The van der Waals surface area contributed by atoms with Crippen molar-refractivity contribution in [2.24, 2.45) is 5.41 Å². The SMILES string of the molecule is CC(=N)CC(=O)C(C)(C)C.CCCN(C)C. The Bertz CT molecular complexity index is 214. The van der Waals surface area contributed by atoms with Gasteiger partial charge in [0, 0.05) is 17.5 Å². The number of ketones is 1. The van der Waals surface area contributed by atoms with Crippen molar-refractivity contribution >= 4 is 11.5 Å². The quantitative estimate of drug-likeness (QED) is 0.752. The van der Waals surface area contributed by atoms with Crippen LogP contribution in [0.1, 0.15) is 47.5 Å². The van der Waals surface area contributed by atoms with Crippen LogP contribution < -0.4 is 0 Å². The number of hydrogen-bond donors (Lipinski definition) is 1. The molecule has 0 aliphatic heterocycles. The molecule has 0 saturated carbocycles. The van der Waals surface area contributed by atoms with Crippen LogP contribution in [0.15, 0.2) is 0 Å². The summed E-state index contributed by atoms with van der Waals surface area (Å²) in [6.45, 7) is 10.7. The fourth-order valence-electron chi connectivity index (χ4n) is 0.953. The zero-order chi connectivity index (χ0) is 13.4. The molecule has 0 saturated heterocycles. The molecule has 96 valence electrons. The van der Waals surface area contributed by atoms with E-state index >= 15 is 0 Å². The molecule has 0 aliphatic carbocycles. The first kappa shape index (κ1) is 17.7. The van der Waals surface area contributed by atoms with Gasteiger partial charge in [-0.3, -0.25) is 4.79 Å². The molecular formula is C13H28N2O. The summed E-state index contributed by atoms with van der Waals surface area (Å²) in [6, 6.07) is 0. The average molecular weight is 228 g/mol. The van der Waals surface area contributed by atoms with E-state index in [1.807, 2.05) is 20.8 Å². The van der Waals surface area contributed by atoms with E-state index in [1.165, 1.54) is 13.0 Å². The highest BCUT2D eigenvalue weighted by molar-refractivity contribution is 6.01. The van der Waals surface area contributed by atoms with E-state index in [1.54, 1.807) is 6.92 Å². The first-order valence-electron chi connectivity index (χ1n) is 5.83. The van der Waals surface area contributed by atoms with E-state index in [2.05, 4.69) is 25.9 Å². The minimum atomic E-state index is -0.289. The van der Waals surface area contributed by atoms with Crippen LogP contribution in [0.2, 0.25) is 0 Å². The van der Waals surface area contributed by atoms with Gasteiger partial charge in [-0.2, -0.15) is 0 Å². The van der Waals surface area contributed by atoms with E-state index in [-0.39, 0.29) is 11.2 Å². The third-order valence-electron chi connectivity index (χ3n) is 1.93. The Balaban J connectivity index is 0. The van der Waals surface area contributed by atoms with Crippen LogP contribution in [0.4, 0.5) is 0 Å². The van der Waals surface area contributed by atoms with Crippen molar-refractivity contribution in [3.63, 3.8) is 0 Å². The first-order chi connectivity index (χ1) is 7.11. The van der Waals surface area contributed by atoms with E-state index in [0.717, 1.165) is 0 Å². The highest BCUT2D eigenvalue weighted by Gasteiger charge is 2.20. The van der Waals surface area contributed by atoms with Gasteiger partial charge in [-0.05, 0) is 34.0 Å². The molecule has 0 spiro atoms. The maximum absolute atomic E-state index is 11.1. The van der Waals surface area contributed by atoms with Crippen LogP contribution in [-0.2, 0) is 4.79 Å². The van der Waals surface area contributed by atoms with Crippen molar-refractivity contribution in [1.82, 2.24) is 4.90 Å². The number of rotatable bonds is 4. The van der Waals surface area contributed by atoms with E-state index in [0.29, 0.717) is 12.1 Å². The zero-order valence-corrected chi connectivity index (χ0v) is 12.0. The Labute approximate surface area is 101 Å². The molecule has 1 N–H and O–H groups in total. The molecule has 16 heavy (non-hydrogen) atoms. The van der Waals surface area contributed by atoms with Gasteiger partial charge in [0.15, 0.2) is 0 Å². The standard InChI is InChI=1S/C8H15NO.C5H13N/c1-6(9)5-7(10)8(2,3)4;1-4-5-6(2)3/h9H,5H2,1-4H3;4-5H2,1-3H3. The van der Waals surface area contributed by atoms with E-state index in [4.69, 9.17) is 5.41 Å². The van der Waals surface area contributed by atoms with Crippen molar-refractivity contribution in [3.8, 4) is 0 Å². The number of nitrogens with one attached hydrogen (secondary N) is 1.